The molecule has 2 rings (SSSR count). The minimum atomic E-state index is -3.61. The summed E-state index contributed by atoms with van der Waals surface area (Å²) in [6, 6.07) is 15.2. The standard InChI is InChI=1S/C22H29NO3S/c1-5-9-21(19-10-7-6-8-11-19)23-22(24)18(4)27(25,26)15-20-14-16(2)12-13-17(20)3/h6-8,10-14,18,21H,5,9,15H2,1-4H3,(H,23,24)/t18-,21-/m1/s1. The molecule has 0 aromatic heterocycles. The molecule has 0 saturated carbocycles. The Bertz CT molecular complexity index is 876. The van der Waals surface area contributed by atoms with Gasteiger partial charge in [0.05, 0.1) is 11.8 Å². The number of nitrogens with one attached hydrogen (secondary N) is 1. The van der Waals surface area contributed by atoms with Gasteiger partial charge in [-0.05, 0) is 43.9 Å². The summed E-state index contributed by atoms with van der Waals surface area (Å²) in [5.41, 5.74) is 3.68. The van der Waals surface area contributed by atoms with E-state index in [-0.39, 0.29) is 11.8 Å². The van der Waals surface area contributed by atoms with Crippen LogP contribution in [0.25, 0.3) is 0 Å². The molecule has 0 aliphatic carbocycles. The van der Waals surface area contributed by atoms with Crippen LogP contribution in [-0.4, -0.2) is 19.6 Å². The van der Waals surface area contributed by atoms with Crippen LogP contribution in [0.2, 0.25) is 0 Å². The number of rotatable bonds is 8. The Balaban J connectivity index is 2.15. The molecule has 2 aromatic rings. The Hall–Kier alpha value is -2.14. The SMILES string of the molecule is CCC[C@@H](NC(=O)[C@@H](C)S(=O)(=O)Cc1cc(C)ccc1C)c1ccccc1. The zero-order chi connectivity index (χ0) is 20.0. The fraction of sp³-hybridized carbons (Fsp3) is 0.409. The summed E-state index contributed by atoms with van der Waals surface area (Å²) in [5.74, 6) is -0.568. The van der Waals surface area contributed by atoms with E-state index in [4.69, 9.17) is 0 Å². The lowest BCUT2D eigenvalue weighted by molar-refractivity contribution is -0.121. The molecule has 0 spiro atoms. The highest BCUT2D eigenvalue weighted by atomic mass is 32.2. The summed E-state index contributed by atoms with van der Waals surface area (Å²) in [7, 11) is -3.61. The highest BCUT2D eigenvalue weighted by Crippen LogP contribution is 2.21. The second kappa shape index (κ2) is 9.18. The first-order chi connectivity index (χ1) is 12.7. The van der Waals surface area contributed by atoms with E-state index in [9.17, 15) is 13.2 Å². The van der Waals surface area contributed by atoms with E-state index in [0.29, 0.717) is 0 Å². The molecule has 1 amide bonds. The van der Waals surface area contributed by atoms with E-state index in [1.165, 1.54) is 6.92 Å². The smallest absolute Gasteiger partial charge is 0.238 e. The number of amides is 1. The number of hydrogen-bond donors (Lipinski definition) is 1. The van der Waals surface area contributed by atoms with Crippen LogP contribution in [0.15, 0.2) is 48.5 Å². The third-order valence-corrected chi connectivity index (χ3v) is 6.87. The third-order valence-electron chi connectivity index (χ3n) is 4.87. The van der Waals surface area contributed by atoms with Crippen LogP contribution in [-0.2, 0) is 20.4 Å². The van der Waals surface area contributed by atoms with Crippen molar-refractivity contribution in [2.45, 2.75) is 57.6 Å². The topological polar surface area (TPSA) is 63.2 Å². The van der Waals surface area contributed by atoms with Crippen LogP contribution in [0.3, 0.4) is 0 Å². The number of benzene rings is 2. The van der Waals surface area contributed by atoms with Gasteiger partial charge in [0, 0.05) is 0 Å². The Morgan fingerprint density at radius 1 is 1.07 bits per heavy atom. The molecule has 0 fully saturated rings. The van der Waals surface area contributed by atoms with Crippen LogP contribution in [0.1, 0.15) is 55.0 Å². The van der Waals surface area contributed by atoms with E-state index in [1.54, 1.807) is 0 Å². The summed E-state index contributed by atoms with van der Waals surface area (Å²) in [6.07, 6.45) is 1.66. The van der Waals surface area contributed by atoms with Gasteiger partial charge in [0.25, 0.3) is 0 Å². The lowest BCUT2D eigenvalue weighted by atomic mass is 10.0. The minimum absolute atomic E-state index is 0.126. The Kier molecular flexibility index (Phi) is 7.19. The maximum Gasteiger partial charge on any atom is 0.238 e. The second-order valence-electron chi connectivity index (χ2n) is 7.14. The molecule has 146 valence electrons. The quantitative estimate of drug-likeness (QED) is 0.736. The van der Waals surface area contributed by atoms with Crippen molar-refractivity contribution in [3.05, 3.63) is 70.8 Å². The van der Waals surface area contributed by atoms with Gasteiger partial charge in [0.1, 0.15) is 5.25 Å². The molecule has 2 aromatic carbocycles. The van der Waals surface area contributed by atoms with Gasteiger partial charge in [-0.1, -0.05) is 67.4 Å². The number of hydrogen-bond acceptors (Lipinski definition) is 3. The normalized spacial score (nSPS) is 13.8. The van der Waals surface area contributed by atoms with Crippen molar-refractivity contribution < 1.29 is 13.2 Å². The highest BCUT2D eigenvalue weighted by Gasteiger charge is 2.30. The number of carbonyl (C=O) groups is 1. The molecule has 0 bridgehead atoms. The molecule has 4 nitrogen and oxygen atoms in total. The lowest BCUT2D eigenvalue weighted by Gasteiger charge is -2.21. The Morgan fingerprint density at radius 2 is 1.74 bits per heavy atom. The highest BCUT2D eigenvalue weighted by molar-refractivity contribution is 7.92. The van der Waals surface area contributed by atoms with Crippen molar-refractivity contribution in [3.63, 3.8) is 0 Å². The molecule has 2 atom stereocenters. The first kappa shape index (κ1) is 21.2. The lowest BCUT2D eigenvalue weighted by Crippen LogP contribution is -2.40. The minimum Gasteiger partial charge on any atom is -0.348 e. The van der Waals surface area contributed by atoms with E-state index in [1.807, 2.05) is 69.3 Å². The number of aryl methyl sites for hydroxylation is 2. The molecule has 0 unspecified atom stereocenters. The molecule has 0 aliphatic heterocycles. The molecule has 0 aliphatic rings. The van der Waals surface area contributed by atoms with Gasteiger partial charge in [-0.15, -0.1) is 0 Å². The van der Waals surface area contributed by atoms with Crippen LogP contribution >= 0.6 is 0 Å². The van der Waals surface area contributed by atoms with Crippen molar-refractivity contribution in [3.8, 4) is 0 Å². The summed E-state index contributed by atoms with van der Waals surface area (Å²) < 4.78 is 25.6. The maximum atomic E-state index is 12.8. The molecule has 0 heterocycles. The Labute approximate surface area is 162 Å². The second-order valence-corrected chi connectivity index (χ2v) is 9.46. The van der Waals surface area contributed by atoms with Gasteiger partial charge in [-0.2, -0.15) is 0 Å². The van der Waals surface area contributed by atoms with Crippen LogP contribution in [0, 0.1) is 13.8 Å². The van der Waals surface area contributed by atoms with Crippen molar-refractivity contribution >= 4 is 15.7 Å². The van der Waals surface area contributed by atoms with Crippen molar-refractivity contribution in [1.29, 1.82) is 0 Å². The van der Waals surface area contributed by atoms with Crippen molar-refractivity contribution in [2.75, 3.05) is 0 Å². The van der Waals surface area contributed by atoms with Crippen molar-refractivity contribution in [1.82, 2.24) is 5.32 Å². The fourth-order valence-electron chi connectivity index (χ4n) is 3.05. The van der Waals surface area contributed by atoms with Gasteiger partial charge in [0.15, 0.2) is 9.84 Å². The van der Waals surface area contributed by atoms with Gasteiger partial charge in [-0.25, -0.2) is 8.42 Å². The molecular formula is C22H29NO3S. The molecule has 0 radical (unpaired) electrons. The maximum absolute atomic E-state index is 12.8. The van der Waals surface area contributed by atoms with Crippen LogP contribution in [0.5, 0.6) is 0 Å². The summed E-state index contributed by atoms with van der Waals surface area (Å²) in [4.78, 5) is 12.7. The first-order valence-electron chi connectivity index (χ1n) is 9.37. The molecule has 1 N–H and O–H groups in total. The predicted molar refractivity (Wildman–Crippen MR) is 110 cm³/mol. The predicted octanol–water partition coefficient (Wildman–Crippen LogP) is 4.26. The molecule has 5 heteroatoms. The van der Waals surface area contributed by atoms with Gasteiger partial charge >= 0.3 is 0 Å². The van der Waals surface area contributed by atoms with E-state index < -0.39 is 21.0 Å². The van der Waals surface area contributed by atoms with Gasteiger partial charge < -0.3 is 5.32 Å². The molecule has 27 heavy (non-hydrogen) atoms. The molecule has 0 saturated heterocycles. The summed E-state index contributed by atoms with van der Waals surface area (Å²) >= 11 is 0. The first-order valence-corrected chi connectivity index (χ1v) is 11.1. The third kappa shape index (κ3) is 5.67. The van der Waals surface area contributed by atoms with E-state index in [0.717, 1.165) is 35.1 Å². The summed E-state index contributed by atoms with van der Waals surface area (Å²) in [6.45, 7) is 7.34. The van der Waals surface area contributed by atoms with Crippen LogP contribution in [0.4, 0.5) is 0 Å². The van der Waals surface area contributed by atoms with Gasteiger partial charge in [0.2, 0.25) is 5.91 Å². The average molecular weight is 388 g/mol. The van der Waals surface area contributed by atoms with Gasteiger partial charge in [-0.3, -0.25) is 4.79 Å². The monoisotopic (exact) mass is 387 g/mol. The average Bonchev–Trinajstić information content (AvgIpc) is 2.64. The summed E-state index contributed by atoms with van der Waals surface area (Å²) in [5, 5.41) is 1.84. The molecular weight excluding hydrogens is 358 g/mol. The largest absolute Gasteiger partial charge is 0.348 e. The zero-order valence-electron chi connectivity index (χ0n) is 16.5. The van der Waals surface area contributed by atoms with Crippen molar-refractivity contribution in [2.24, 2.45) is 0 Å². The number of carbonyl (C=O) groups excluding carboxylic acids is 1. The van der Waals surface area contributed by atoms with Crippen LogP contribution < -0.4 is 5.32 Å². The zero-order valence-corrected chi connectivity index (χ0v) is 17.3. The van der Waals surface area contributed by atoms with E-state index in [2.05, 4.69) is 5.32 Å². The number of sulfone groups is 1. The Morgan fingerprint density at radius 3 is 2.37 bits per heavy atom. The fourth-order valence-corrected chi connectivity index (χ4v) is 4.43. The van der Waals surface area contributed by atoms with E-state index >= 15 is 0 Å².